The summed E-state index contributed by atoms with van der Waals surface area (Å²) in [6.45, 7) is 5.91. The molecule has 0 spiro atoms. The molecule has 0 saturated heterocycles. The molecule has 5 heteroatoms. The average molecular weight is 388 g/mol. The van der Waals surface area contributed by atoms with E-state index in [-0.39, 0.29) is 18.4 Å². The summed E-state index contributed by atoms with van der Waals surface area (Å²) in [6, 6.07) is 15.6. The van der Waals surface area contributed by atoms with E-state index in [0.717, 1.165) is 56.9 Å². The second-order valence-corrected chi connectivity index (χ2v) is 7.47. The molecule has 0 saturated carbocycles. The van der Waals surface area contributed by atoms with Gasteiger partial charge in [-0.25, -0.2) is 0 Å². The molecule has 27 heavy (non-hydrogen) atoms. The molecule has 0 aliphatic carbocycles. The topological polar surface area (TPSA) is 55.8 Å². The van der Waals surface area contributed by atoms with E-state index >= 15 is 0 Å². The Morgan fingerprint density at radius 3 is 2.07 bits per heavy atom. The van der Waals surface area contributed by atoms with Crippen molar-refractivity contribution in [3.63, 3.8) is 0 Å². The lowest BCUT2D eigenvalue weighted by molar-refractivity contribution is -0.109. The van der Waals surface area contributed by atoms with Crippen LogP contribution in [0.2, 0.25) is 0 Å². The number of ether oxygens (including phenoxy) is 2. The van der Waals surface area contributed by atoms with E-state index in [1.165, 1.54) is 0 Å². The summed E-state index contributed by atoms with van der Waals surface area (Å²) in [5.41, 5.74) is 2.17. The number of aliphatic hydroxyl groups excluding tert-OH is 1. The molecule has 0 radical (unpaired) electrons. The van der Waals surface area contributed by atoms with Crippen LogP contribution in [0.3, 0.4) is 0 Å². The zero-order valence-corrected chi connectivity index (χ0v) is 17.1. The maximum Gasteiger partial charge on any atom is 0.127 e. The number of aldehydes is 1. The van der Waals surface area contributed by atoms with Gasteiger partial charge in [0.15, 0.2) is 0 Å². The number of rotatable bonds is 2. The molecule has 2 aliphatic heterocycles. The fraction of sp³-hybridized carbons (Fsp3) is 0.409. The maximum absolute atomic E-state index is 10.7. The summed E-state index contributed by atoms with van der Waals surface area (Å²) in [6.07, 6.45) is 2.73. The van der Waals surface area contributed by atoms with Crippen molar-refractivity contribution in [3.05, 3.63) is 59.7 Å². The number of hydrogen-bond donors (Lipinski definition) is 1. The molecule has 2 aromatic carbocycles. The molecular weight excluding hydrogens is 359 g/mol. The molecule has 2 heterocycles. The summed E-state index contributed by atoms with van der Waals surface area (Å²) < 4.78 is 10.8. The highest BCUT2D eigenvalue weighted by molar-refractivity contribution is 7.35. The number of hydrogen-bond acceptors (Lipinski definition) is 4. The van der Waals surface area contributed by atoms with Gasteiger partial charge in [-0.2, -0.15) is 0 Å². The fourth-order valence-corrected chi connectivity index (χ4v) is 3.12. The monoisotopic (exact) mass is 388 g/mol. The van der Waals surface area contributed by atoms with E-state index < -0.39 is 0 Å². The van der Waals surface area contributed by atoms with Gasteiger partial charge in [-0.05, 0) is 43.9 Å². The summed E-state index contributed by atoms with van der Waals surface area (Å²) in [7, 11) is 1.08. The van der Waals surface area contributed by atoms with Gasteiger partial charge in [0, 0.05) is 17.4 Å². The van der Waals surface area contributed by atoms with Crippen LogP contribution < -0.4 is 9.47 Å². The van der Waals surface area contributed by atoms with Crippen LogP contribution >= 0.6 is 8.58 Å². The largest absolute Gasteiger partial charge is 0.493 e. The van der Waals surface area contributed by atoms with Gasteiger partial charge in [0.1, 0.15) is 17.8 Å². The molecular formula is C22H29O4P. The number of para-hydroxylation sites is 2. The van der Waals surface area contributed by atoms with Gasteiger partial charge >= 0.3 is 0 Å². The molecule has 1 N–H and O–H groups in total. The number of fused-ring (bicyclic) bond motifs is 2. The molecule has 4 nitrogen and oxygen atoms in total. The molecule has 2 unspecified atom stereocenters. The van der Waals surface area contributed by atoms with E-state index in [0.29, 0.717) is 6.61 Å². The van der Waals surface area contributed by atoms with Crippen LogP contribution in [-0.2, 0) is 4.79 Å². The smallest absolute Gasteiger partial charge is 0.127 e. The molecule has 4 rings (SSSR count). The van der Waals surface area contributed by atoms with Gasteiger partial charge in [0.25, 0.3) is 0 Å². The van der Waals surface area contributed by atoms with Crippen LogP contribution in [0.4, 0.5) is 0 Å². The second kappa shape index (κ2) is 11.7. The van der Waals surface area contributed by atoms with Gasteiger partial charge in [-0.15, -0.1) is 8.58 Å². The minimum absolute atomic E-state index is 0.0370. The first-order chi connectivity index (χ1) is 13.2. The lowest BCUT2D eigenvalue weighted by Gasteiger charge is -2.23. The second-order valence-electron chi connectivity index (χ2n) is 6.47. The van der Waals surface area contributed by atoms with Crippen molar-refractivity contribution < 1.29 is 19.4 Å². The van der Waals surface area contributed by atoms with E-state index in [2.05, 4.69) is 13.3 Å². The van der Waals surface area contributed by atoms with Gasteiger partial charge in [-0.3, -0.25) is 0 Å². The summed E-state index contributed by atoms with van der Waals surface area (Å²) >= 11 is 0. The zero-order valence-electron chi connectivity index (χ0n) is 16.1. The average Bonchev–Trinajstić information content (AvgIpc) is 2.74. The normalized spacial score (nSPS) is 19.4. The molecule has 2 aliphatic rings. The van der Waals surface area contributed by atoms with Crippen LogP contribution in [0.1, 0.15) is 35.8 Å². The van der Waals surface area contributed by atoms with Crippen molar-refractivity contribution in [3.8, 4) is 11.5 Å². The lowest BCUT2D eigenvalue weighted by atomic mass is 9.94. The lowest BCUT2D eigenvalue weighted by Crippen LogP contribution is -2.16. The van der Waals surface area contributed by atoms with Crippen LogP contribution in [0.5, 0.6) is 11.5 Å². The Morgan fingerprint density at radius 1 is 0.963 bits per heavy atom. The first-order valence-electron chi connectivity index (χ1n) is 9.33. The molecule has 0 fully saturated rings. The minimum Gasteiger partial charge on any atom is -0.493 e. The first kappa shape index (κ1) is 21.4. The summed E-state index contributed by atoms with van der Waals surface area (Å²) in [5, 5.41) is 9.08. The van der Waals surface area contributed by atoms with Gasteiger partial charge in [0.05, 0.1) is 19.8 Å². The van der Waals surface area contributed by atoms with Gasteiger partial charge in [-0.1, -0.05) is 36.4 Å². The highest BCUT2D eigenvalue weighted by Crippen LogP contribution is 2.33. The van der Waals surface area contributed by atoms with E-state index in [1.54, 1.807) is 0 Å². The van der Waals surface area contributed by atoms with Crippen molar-refractivity contribution >= 4 is 14.9 Å². The van der Waals surface area contributed by atoms with Crippen LogP contribution in [0, 0.1) is 0 Å². The van der Waals surface area contributed by atoms with E-state index in [4.69, 9.17) is 14.6 Å². The van der Waals surface area contributed by atoms with Crippen LogP contribution in [-0.4, -0.2) is 44.5 Å². The third kappa shape index (κ3) is 6.05. The predicted molar refractivity (Wildman–Crippen MR) is 112 cm³/mol. The minimum atomic E-state index is 0.0370. The highest BCUT2D eigenvalue weighted by atomic mass is 31.1. The van der Waals surface area contributed by atoms with Crippen molar-refractivity contribution in [1.29, 1.82) is 0 Å². The molecule has 2 aromatic rings. The van der Waals surface area contributed by atoms with Crippen molar-refractivity contribution in [2.75, 3.05) is 33.2 Å². The number of carbonyl (C=O) groups excluding carboxylic acids is 1. The zero-order chi connectivity index (χ0) is 19.5. The molecule has 0 amide bonds. The van der Waals surface area contributed by atoms with Crippen LogP contribution in [0.15, 0.2) is 48.5 Å². The Morgan fingerprint density at radius 2 is 1.48 bits per heavy atom. The van der Waals surface area contributed by atoms with Gasteiger partial charge < -0.3 is 19.4 Å². The Balaban J connectivity index is 0.000000170. The Labute approximate surface area is 163 Å². The number of benzene rings is 2. The Hall–Kier alpha value is -1.90. The Bertz CT molecular complexity index is 704. The quantitative estimate of drug-likeness (QED) is 0.618. The van der Waals surface area contributed by atoms with Crippen LogP contribution in [0.25, 0.3) is 0 Å². The SMILES string of the molecule is CPC.O=CC1CCOc2ccccc21.OCC1CCOc2ccccc21. The Kier molecular flexibility index (Phi) is 9.30. The third-order valence-electron chi connectivity index (χ3n) is 4.47. The molecule has 0 bridgehead atoms. The molecule has 146 valence electrons. The maximum atomic E-state index is 10.7. The summed E-state index contributed by atoms with van der Waals surface area (Å²) in [5.74, 6) is 2.11. The molecule has 0 aromatic heterocycles. The van der Waals surface area contributed by atoms with E-state index in [1.807, 2.05) is 48.5 Å². The first-order valence-corrected chi connectivity index (χ1v) is 11.3. The number of aliphatic hydroxyl groups is 1. The standard InChI is InChI=1S/C10H12O2.C10H10O2.C2H7P/c2*11-7-8-5-6-12-10-4-2-1-3-9(8)10;1-3-2/h1-4,8,11H,5-7H2;1-4,7-8H,5-6H2;3H,1-2H3. The van der Waals surface area contributed by atoms with Crippen molar-refractivity contribution in [2.45, 2.75) is 24.7 Å². The van der Waals surface area contributed by atoms with E-state index in [9.17, 15) is 4.79 Å². The predicted octanol–water partition coefficient (Wildman–Crippen LogP) is 4.22. The number of carbonyl (C=O) groups is 1. The third-order valence-corrected chi connectivity index (χ3v) is 4.47. The van der Waals surface area contributed by atoms with Crippen molar-refractivity contribution in [2.24, 2.45) is 0 Å². The fourth-order valence-electron chi connectivity index (χ4n) is 3.12. The highest BCUT2D eigenvalue weighted by Gasteiger charge is 2.20. The van der Waals surface area contributed by atoms with Crippen molar-refractivity contribution in [1.82, 2.24) is 0 Å². The summed E-state index contributed by atoms with van der Waals surface area (Å²) in [4.78, 5) is 10.7. The van der Waals surface area contributed by atoms with Gasteiger partial charge in [0.2, 0.25) is 0 Å². The molecule has 2 atom stereocenters.